The third kappa shape index (κ3) is 4.24. The van der Waals surface area contributed by atoms with Crippen LogP contribution in [0.3, 0.4) is 0 Å². The van der Waals surface area contributed by atoms with Gasteiger partial charge in [-0.15, -0.1) is 0 Å². The average Bonchev–Trinajstić information content (AvgIpc) is 3.26. The number of rotatable bonds is 3. The van der Waals surface area contributed by atoms with E-state index in [-0.39, 0.29) is 34.4 Å². The first-order valence-electron chi connectivity index (χ1n) is 11.0. The van der Waals surface area contributed by atoms with E-state index in [4.69, 9.17) is 4.74 Å². The van der Waals surface area contributed by atoms with Gasteiger partial charge in [0.25, 0.3) is 5.91 Å². The van der Waals surface area contributed by atoms with Gasteiger partial charge in [0.15, 0.2) is 17.3 Å². The fourth-order valence-electron chi connectivity index (χ4n) is 4.42. The maximum absolute atomic E-state index is 13.8. The highest BCUT2D eigenvalue weighted by Crippen LogP contribution is 2.43. The Morgan fingerprint density at radius 1 is 1.17 bits per heavy atom. The quantitative estimate of drug-likeness (QED) is 0.401. The lowest BCUT2D eigenvalue weighted by Crippen LogP contribution is -2.37. The van der Waals surface area contributed by atoms with Gasteiger partial charge in [0.05, 0.1) is 28.4 Å². The summed E-state index contributed by atoms with van der Waals surface area (Å²) in [6, 6.07) is 2.65. The van der Waals surface area contributed by atoms with E-state index in [9.17, 15) is 31.5 Å². The van der Waals surface area contributed by atoms with E-state index in [1.165, 1.54) is 7.05 Å². The predicted molar refractivity (Wildman–Crippen MR) is 120 cm³/mol. The summed E-state index contributed by atoms with van der Waals surface area (Å²) in [5.41, 5.74) is -2.32. The Kier molecular flexibility index (Phi) is 5.96. The van der Waals surface area contributed by atoms with Gasteiger partial charge in [0.2, 0.25) is 0 Å². The van der Waals surface area contributed by atoms with Crippen LogP contribution in [0.2, 0.25) is 0 Å². The van der Waals surface area contributed by atoms with Crippen molar-refractivity contribution in [2.75, 3.05) is 6.54 Å². The van der Waals surface area contributed by atoms with Crippen molar-refractivity contribution in [3.05, 3.63) is 58.5 Å². The third-order valence-electron chi connectivity index (χ3n) is 5.84. The van der Waals surface area contributed by atoms with E-state index in [0.717, 1.165) is 34.0 Å². The molecule has 7 nitrogen and oxygen atoms in total. The number of halogens is 5. The minimum Gasteiger partial charge on any atom is -0.459 e. The summed E-state index contributed by atoms with van der Waals surface area (Å²) >= 11 is 0. The monoisotopic (exact) mass is 510 g/mol. The first kappa shape index (κ1) is 25.4. The molecule has 0 radical (unpaired) electrons. The first-order valence-corrected chi connectivity index (χ1v) is 11.0. The molecule has 3 aromatic rings. The van der Waals surface area contributed by atoms with Crippen molar-refractivity contribution in [2.24, 2.45) is 7.05 Å². The number of ether oxygens (including phenoxy) is 1. The van der Waals surface area contributed by atoms with Crippen LogP contribution in [0, 0.1) is 11.6 Å². The minimum absolute atomic E-state index is 0.0553. The summed E-state index contributed by atoms with van der Waals surface area (Å²) in [4.78, 5) is 30.2. The van der Waals surface area contributed by atoms with E-state index in [0.29, 0.717) is 5.56 Å². The maximum Gasteiger partial charge on any atom is 0.437 e. The topological polar surface area (TPSA) is 80.2 Å². The van der Waals surface area contributed by atoms with E-state index >= 15 is 0 Å². The Hall–Kier alpha value is -3.70. The molecule has 1 aromatic carbocycles. The van der Waals surface area contributed by atoms with Gasteiger partial charge < -0.3 is 14.6 Å². The second-order valence-electron chi connectivity index (χ2n) is 9.51. The van der Waals surface area contributed by atoms with Crippen LogP contribution in [0.1, 0.15) is 55.0 Å². The number of alkyl halides is 3. The highest BCUT2D eigenvalue weighted by molar-refractivity contribution is 6.18. The number of fused-ring (bicyclic) bond motifs is 3. The number of aryl methyl sites for hydroxylation is 1. The molecular formula is C24H23F5N4O3. The number of aromatic nitrogens is 3. The van der Waals surface area contributed by atoms with E-state index in [2.05, 4.69) is 10.1 Å². The van der Waals surface area contributed by atoms with Crippen LogP contribution in [0.25, 0.3) is 16.6 Å². The number of esters is 1. The molecular weight excluding hydrogens is 487 g/mol. The molecule has 4 rings (SSSR count). The Bertz CT molecular complexity index is 1420. The minimum atomic E-state index is -4.76. The molecule has 12 heteroatoms. The van der Waals surface area contributed by atoms with Crippen molar-refractivity contribution in [2.45, 2.75) is 45.4 Å². The molecule has 1 aliphatic heterocycles. The molecule has 1 amide bonds. The number of carbonyl (C=O) groups is 2. The first-order chi connectivity index (χ1) is 16.6. The highest BCUT2D eigenvalue weighted by Gasteiger charge is 2.43. The summed E-state index contributed by atoms with van der Waals surface area (Å²) in [5.74, 6) is -3.97. The number of aromatic amines is 1. The molecule has 192 valence electrons. The van der Waals surface area contributed by atoms with Gasteiger partial charge in [-0.05, 0) is 32.0 Å². The molecule has 0 saturated carbocycles. The summed E-state index contributed by atoms with van der Waals surface area (Å²) in [5, 5.41) is 3.63. The number of nitrogens with one attached hydrogen (secondary N) is 1. The van der Waals surface area contributed by atoms with Crippen LogP contribution in [0.15, 0.2) is 24.4 Å². The zero-order valence-electron chi connectivity index (χ0n) is 20.1. The lowest BCUT2D eigenvalue weighted by molar-refractivity contribution is -0.141. The Morgan fingerprint density at radius 3 is 2.42 bits per heavy atom. The third-order valence-corrected chi connectivity index (χ3v) is 5.84. The number of H-pyrrole nitrogens is 1. The molecule has 0 bridgehead atoms. The van der Waals surface area contributed by atoms with Crippen molar-refractivity contribution in [3.63, 3.8) is 0 Å². The fraction of sp³-hybridized carbons (Fsp3) is 0.375. The molecule has 0 fully saturated rings. The molecule has 1 N–H and O–H groups in total. The lowest BCUT2D eigenvalue weighted by atomic mass is 9.83. The summed E-state index contributed by atoms with van der Waals surface area (Å²) in [6.45, 7) is 6.48. The van der Waals surface area contributed by atoms with Gasteiger partial charge in [-0.3, -0.25) is 9.48 Å². The van der Waals surface area contributed by atoms with E-state index < -0.39 is 46.9 Å². The fourth-order valence-corrected chi connectivity index (χ4v) is 4.42. The zero-order valence-corrected chi connectivity index (χ0v) is 20.1. The standard InChI is InChI=1S/C24H23F5N4O3/c1-11(2)36-22(35)13-9-33(21(34)12-6-7-14(25)15(26)8-12)10-23(3,4)16-17(13)30-18-19(16)32(5)31-20(18)24(27,28)29/h6-9,11,30H,10H2,1-5H3. The summed E-state index contributed by atoms with van der Waals surface area (Å²) in [6.07, 6.45) is -4.16. The van der Waals surface area contributed by atoms with E-state index in [1.807, 2.05) is 0 Å². The van der Waals surface area contributed by atoms with Crippen molar-refractivity contribution < 1.29 is 36.3 Å². The Balaban J connectivity index is 1.96. The normalized spacial score (nSPS) is 15.6. The van der Waals surface area contributed by atoms with Gasteiger partial charge in [0, 0.05) is 36.3 Å². The molecule has 0 atom stereocenters. The second-order valence-corrected chi connectivity index (χ2v) is 9.51. The molecule has 0 saturated heterocycles. The number of amides is 1. The van der Waals surface area contributed by atoms with Crippen LogP contribution in [0.4, 0.5) is 22.0 Å². The summed E-state index contributed by atoms with van der Waals surface area (Å²) in [7, 11) is 1.35. The van der Waals surface area contributed by atoms with Crippen LogP contribution >= 0.6 is 0 Å². The zero-order chi connectivity index (χ0) is 26.7. The lowest BCUT2D eigenvalue weighted by Gasteiger charge is -2.29. The van der Waals surface area contributed by atoms with Gasteiger partial charge in [-0.2, -0.15) is 18.3 Å². The Labute approximate surface area is 202 Å². The number of hydrogen-bond acceptors (Lipinski definition) is 4. The van der Waals surface area contributed by atoms with Crippen LogP contribution in [-0.2, 0) is 28.2 Å². The molecule has 0 unspecified atom stereocenters. The molecule has 3 heterocycles. The van der Waals surface area contributed by atoms with Crippen molar-refractivity contribution >= 4 is 28.5 Å². The number of carbonyl (C=O) groups excluding carboxylic acids is 2. The number of nitrogens with zero attached hydrogens (tertiary/aromatic N) is 3. The SMILES string of the molecule is CC(C)OC(=O)C1=CN(C(=O)c2ccc(F)c(F)c2)CC(C)(C)c2c1[nH]c1c(C(F)(F)F)nn(C)c21. The van der Waals surface area contributed by atoms with Crippen LogP contribution in [0.5, 0.6) is 0 Å². The summed E-state index contributed by atoms with van der Waals surface area (Å²) < 4.78 is 74.8. The average molecular weight is 510 g/mol. The van der Waals surface area contributed by atoms with E-state index in [1.54, 1.807) is 27.7 Å². The predicted octanol–water partition coefficient (Wildman–Crippen LogP) is 4.92. The largest absolute Gasteiger partial charge is 0.459 e. The molecule has 1 aliphatic rings. The number of hydrogen-bond donors (Lipinski definition) is 1. The van der Waals surface area contributed by atoms with Crippen molar-refractivity contribution in [3.8, 4) is 0 Å². The van der Waals surface area contributed by atoms with Gasteiger partial charge in [-0.1, -0.05) is 13.8 Å². The van der Waals surface area contributed by atoms with Crippen LogP contribution < -0.4 is 0 Å². The molecule has 0 spiro atoms. The van der Waals surface area contributed by atoms with Crippen LogP contribution in [-0.4, -0.2) is 44.2 Å². The molecule has 2 aromatic heterocycles. The maximum atomic E-state index is 13.8. The van der Waals surface area contributed by atoms with Gasteiger partial charge in [0.1, 0.15) is 0 Å². The van der Waals surface area contributed by atoms with Gasteiger partial charge in [-0.25, -0.2) is 13.6 Å². The van der Waals surface area contributed by atoms with Crippen molar-refractivity contribution in [1.29, 1.82) is 0 Å². The smallest absolute Gasteiger partial charge is 0.437 e. The second kappa shape index (κ2) is 8.45. The van der Waals surface area contributed by atoms with Crippen molar-refractivity contribution in [1.82, 2.24) is 19.7 Å². The Morgan fingerprint density at radius 2 is 1.83 bits per heavy atom. The number of benzene rings is 1. The van der Waals surface area contributed by atoms with Gasteiger partial charge >= 0.3 is 12.1 Å². The molecule has 0 aliphatic carbocycles. The molecule has 36 heavy (non-hydrogen) atoms. The highest BCUT2D eigenvalue weighted by atomic mass is 19.4.